The van der Waals surface area contributed by atoms with Gasteiger partial charge in [0.1, 0.15) is 11.9 Å². The minimum atomic E-state index is -3.88. The number of carbonyl (C=O) groups excluding carboxylic acids is 2. The van der Waals surface area contributed by atoms with E-state index in [1.165, 1.54) is 23.9 Å². The Morgan fingerprint density at radius 3 is 2.65 bits per heavy atom. The molecule has 0 fully saturated rings. The molecular weight excluding hydrogens is 536 g/mol. The summed E-state index contributed by atoms with van der Waals surface area (Å²) >= 11 is 0. The zero-order chi connectivity index (χ0) is 29.6. The van der Waals surface area contributed by atoms with Crippen molar-refractivity contribution in [3.05, 3.63) is 36.3 Å². The predicted molar refractivity (Wildman–Crippen MR) is 151 cm³/mol. The summed E-state index contributed by atoms with van der Waals surface area (Å²) in [5.74, 6) is -0.150. The van der Waals surface area contributed by atoms with Crippen molar-refractivity contribution in [1.29, 1.82) is 0 Å². The van der Waals surface area contributed by atoms with Gasteiger partial charge in [-0.2, -0.15) is 4.31 Å². The maximum Gasteiger partial charge on any atom is 0.261 e. The summed E-state index contributed by atoms with van der Waals surface area (Å²) in [5, 5.41) is 12.7. The van der Waals surface area contributed by atoms with Gasteiger partial charge in [0.15, 0.2) is 5.03 Å². The van der Waals surface area contributed by atoms with Gasteiger partial charge in [-0.3, -0.25) is 9.59 Å². The van der Waals surface area contributed by atoms with Crippen molar-refractivity contribution in [2.24, 2.45) is 13.0 Å². The number of sulfonamides is 1. The number of aliphatic hydroxyl groups is 1. The third kappa shape index (κ3) is 8.03. The number of amides is 2. The van der Waals surface area contributed by atoms with Crippen molar-refractivity contribution < 1.29 is 27.9 Å². The SMILES string of the molecule is C[C@H]1CN([C@@H](C)CO)C(=O)Cc2cc(NC(=O)CCCN(C)C)ccc2O[C@@H]1CN(C)S(=O)(=O)c1cn(C)cn1. The molecule has 2 heterocycles. The van der Waals surface area contributed by atoms with Crippen LogP contribution in [0.1, 0.15) is 32.3 Å². The molecule has 0 aliphatic carbocycles. The molecule has 3 rings (SSSR count). The molecule has 0 bridgehead atoms. The Morgan fingerprint density at radius 2 is 2.02 bits per heavy atom. The van der Waals surface area contributed by atoms with E-state index >= 15 is 0 Å². The number of nitrogens with one attached hydrogen (secondary N) is 1. The summed E-state index contributed by atoms with van der Waals surface area (Å²) in [6.45, 7) is 4.52. The van der Waals surface area contributed by atoms with Crippen molar-refractivity contribution in [3.63, 3.8) is 0 Å². The van der Waals surface area contributed by atoms with E-state index in [2.05, 4.69) is 10.3 Å². The van der Waals surface area contributed by atoms with E-state index in [1.54, 1.807) is 41.6 Å². The molecule has 1 aromatic carbocycles. The molecule has 0 spiro atoms. The summed E-state index contributed by atoms with van der Waals surface area (Å²) in [6.07, 6.45) is 3.33. The quantitative estimate of drug-likeness (QED) is 0.406. The number of hydrogen-bond donors (Lipinski definition) is 2. The van der Waals surface area contributed by atoms with E-state index in [9.17, 15) is 23.1 Å². The van der Waals surface area contributed by atoms with Gasteiger partial charge in [-0.25, -0.2) is 13.4 Å². The van der Waals surface area contributed by atoms with Crippen molar-refractivity contribution in [2.75, 3.05) is 52.7 Å². The molecule has 222 valence electrons. The first kappa shape index (κ1) is 31.5. The van der Waals surface area contributed by atoms with Gasteiger partial charge >= 0.3 is 0 Å². The Kier molecular flexibility index (Phi) is 10.7. The lowest BCUT2D eigenvalue weighted by Crippen LogP contribution is -2.48. The third-order valence-electron chi connectivity index (χ3n) is 7.00. The topological polar surface area (TPSA) is 137 Å². The van der Waals surface area contributed by atoms with Gasteiger partial charge in [0.25, 0.3) is 10.0 Å². The number of likely N-dealkylation sites (N-methyl/N-ethyl adjacent to an activating group) is 1. The van der Waals surface area contributed by atoms with Crippen molar-refractivity contribution in [3.8, 4) is 5.75 Å². The number of imidazole rings is 1. The first-order valence-corrected chi connectivity index (χ1v) is 14.8. The molecule has 12 nitrogen and oxygen atoms in total. The van der Waals surface area contributed by atoms with Crippen LogP contribution >= 0.6 is 0 Å². The number of aliphatic hydroxyl groups excluding tert-OH is 1. The summed E-state index contributed by atoms with van der Waals surface area (Å²) in [5.41, 5.74) is 1.12. The Balaban J connectivity index is 1.89. The highest BCUT2D eigenvalue weighted by atomic mass is 32.2. The van der Waals surface area contributed by atoms with E-state index < -0.39 is 22.2 Å². The lowest BCUT2D eigenvalue weighted by molar-refractivity contribution is -0.134. The van der Waals surface area contributed by atoms with Crippen LogP contribution < -0.4 is 10.1 Å². The van der Waals surface area contributed by atoms with Gasteiger partial charge < -0.3 is 29.5 Å². The molecule has 2 N–H and O–H groups in total. The van der Waals surface area contributed by atoms with Crippen LogP contribution in [0, 0.1) is 5.92 Å². The lowest BCUT2D eigenvalue weighted by Gasteiger charge is -2.33. The molecule has 1 aromatic heterocycles. The van der Waals surface area contributed by atoms with Gasteiger partial charge in [0, 0.05) is 50.4 Å². The molecule has 3 atom stereocenters. The second-order valence-electron chi connectivity index (χ2n) is 10.8. The van der Waals surface area contributed by atoms with Gasteiger partial charge in [-0.15, -0.1) is 0 Å². The van der Waals surface area contributed by atoms with Gasteiger partial charge in [0.05, 0.1) is 31.9 Å². The van der Waals surface area contributed by atoms with E-state index in [-0.39, 0.29) is 48.9 Å². The molecule has 2 amide bonds. The summed E-state index contributed by atoms with van der Waals surface area (Å²) in [4.78, 5) is 33.5. The number of aryl methyl sites for hydroxylation is 1. The Hall–Kier alpha value is -3.00. The molecule has 2 aromatic rings. The zero-order valence-electron chi connectivity index (χ0n) is 24.2. The largest absolute Gasteiger partial charge is 0.488 e. The second-order valence-corrected chi connectivity index (χ2v) is 12.8. The number of benzene rings is 1. The van der Waals surface area contributed by atoms with Crippen LogP contribution in [0.25, 0.3) is 0 Å². The molecule has 0 radical (unpaired) electrons. The molecule has 40 heavy (non-hydrogen) atoms. The molecule has 0 saturated carbocycles. The fourth-order valence-corrected chi connectivity index (χ4v) is 5.68. The Morgan fingerprint density at radius 1 is 1.30 bits per heavy atom. The van der Waals surface area contributed by atoms with Crippen molar-refractivity contribution in [2.45, 2.75) is 50.3 Å². The van der Waals surface area contributed by atoms with Crippen molar-refractivity contribution in [1.82, 2.24) is 23.7 Å². The average Bonchev–Trinajstić information content (AvgIpc) is 3.34. The molecule has 13 heteroatoms. The number of hydrogen-bond acceptors (Lipinski definition) is 8. The Labute approximate surface area is 237 Å². The highest BCUT2D eigenvalue weighted by Gasteiger charge is 2.34. The van der Waals surface area contributed by atoms with Crippen LogP contribution in [-0.4, -0.2) is 109 Å². The van der Waals surface area contributed by atoms with Crippen LogP contribution in [0.5, 0.6) is 5.75 Å². The second kappa shape index (κ2) is 13.6. The molecular formula is C27H42N6O6S. The fourth-order valence-electron chi connectivity index (χ4n) is 4.54. The lowest BCUT2D eigenvalue weighted by atomic mass is 10.0. The van der Waals surface area contributed by atoms with Gasteiger partial charge in [-0.05, 0) is 52.2 Å². The predicted octanol–water partition coefficient (Wildman–Crippen LogP) is 1.17. The number of rotatable bonds is 11. The normalized spacial score (nSPS) is 19.0. The van der Waals surface area contributed by atoms with Crippen LogP contribution in [0.2, 0.25) is 0 Å². The monoisotopic (exact) mass is 578 g/mol. The third-order valence-corrected chi connectivity index (χ3v) is 8.71. The number of carbonyl (C=O) groups is 2. The number of aromatic nitrogens is 2. The number of ether oxygens (including phenoxy) is 1. The first-order chi connectivity index (χ1) is 18.8. The highest BCUT2D eigenvalue weighted by molar-refractivity contribution is 7.89. The van der Waals surface area contributed by atoms with E-state index in [0.29, 0.717) is 29.8 Å². The zero-order valence-corrected chi connectivity index (χ0v) is 25.0. The highest BCUT2D eigenvalue weighted by Crippen LogP contribution is 2.30. The van der Waals surface area contributed by atoms with E-state index in [4.69, 9.17) is 4.74 Å². The molecule has 1 aliphatic heterocycles. The summed E-state index contributed by atoms with van der Waals surface area (Å²) in [6, 6.07) is 4.71. The van der Waals surface area contributed by atoms with Crippen LogP contribution in [0.4, 0.5) is 5.69 Å². The average molecular weight is 579 g/mol. The van der Waals surface area contributed by atoms with Crippen LogP contribution in [0.15, 0.2) is 35.7 Å². The summed E-state index contributed by atoms with van der Waals surface area (Å²) in [7, 11) is 3.20. The number of anilines is 1. The number of fused-ring (bicyclic) bond motifs is 1. The number of nitrogens with zero attached hydrogens (tertiary/aromatic N) is 5. The minimum Gasteiger partial charge on any atom is -0.488 e. The molecule has 0 saturated heterocycles. The van der Waals surface area contributed by atoms with E-state index in [1.807, 2.05) is 25.9 Å². The maximum atomic E-state index is 13.4. The smallest absolute Gasteiger partial charge is 0.261 e. The molecule has 1 aliphatic rings. The molecule has 0 unspecified atom stereocenters. The standard InChI is InChI=1S/C27H42N6O6S/c1-19-14-33(20(2)17-34)27(36)13-21-12-22(29-25(35)8-7-11-30(3)4)9-10-23(21)39-24(19)15-32(6)40(37,38)26-16-31(5)18-28-26/h9-10,12,16,18-20,24,34H,7-8,11,13-15,17H2,1-6H3,(H,29,35)/t19-,20-,24+/m0/s1. The van der Waals surface area contributed by atoms with Gasteiger partial charge in [-0.1, -0.05) is 6.92 Å². The van der Waals surface area contributed by atoms with Gasteiger partial charge in [0.2, 0.25) is 11.8 Å². The minimum absolute atomic E-state index is 0.00548. The van der Waals surface area contributed by atoms with Crippen molar-refractivity contribution >= 4 is 27.5 Å². The Bertz CT molecular complexity index is 1280. The van der Waals surface area contributed by atoms with E-state index in [0.717, 1.165) is 6.54 Å². The fraction of sp³-hybridized carbons (Fsp3) is 0.593. The maximum absolute atomic E-state index is 13.4. The van der Waals surface area contributed by atoms with Crippen LogP contribution in [0.3, 0.4) is 0 Å². The van der Waals surface area contributed by atoms with Crippen LogP contribution in [-0.2, 0) is 33.1 Å². The summed E-state index contributed by atoms with van der Waals surface area (Å²) < 4.78 is 35.5. The first-order valence-electron chi connectivity index (χ1n) is 13.4.